The van der Waals surface area contributed by atoms with Gasteiger partial charge in [0, 0.05) is 19.6 Å². The topological polar surface area (TPSA) is 110 Å². The first-order valence-corrected chi connectivity index (χ1v) is 8.49. The fourth-order valence-electron chi connectivity index (χ4n) is 3.14. The van der Waals surface area contributed by atoms with Crippen molar-refractivity contribution in [3.63, 3.8) is 0 Å². The number of nitrogens with zero attached hydrogens (tertiary/aromatic N) is 3. The van der Waals surface area contributed by atoms with E-state index in [1.807, 2.05) is 11.0 Å². The van der Waals surface area contributed by atoms with Gasteiger partial charge in [0.15, 0.2) is 5.65 Å². The van der Waals surface area contributed by atoms with E-state index >= 15 is 0 Å². The first-order chi connectivity index (χ1) is 12.6. The van der Waals surface area contributed by atoms with E-state index in [-0.39, 0.29) is 17.5 Å². The molecule has 4 N–H and O–H groups in total. The van der Waals surface area contributed by atoms with E-state index in [1.165, 1.54) is 12.3 Å². The zero-order valence-electron chi connectivity index (χ0n) is 14.0. The summed E-state index contributed by atoms with van der Waals surface area (Å²) in [5, 5.41) is 19.4. The number of aromatic amines is 2. The van der Waals surface area contributed by atoms with E-state index in [0.29, 0.717) is 55.1 Å². The van der Waals surface area contributed by atoms with Gasteiger partial charge in [0.05, 0.1) is 18.0 Å². The fraction of sp³-hybridized carbons (Fsp3) is 0.353. The lowest BCUT2D eigenvalue weighted by Gasteiger charge is -2.31. The van der Waals surface area contributed by atoms with Crippen LogP contribution in [0.4, 0.5) is 16.0 Å². The van der Waals surface area contributed by atoms with Gasteiger partial charge in [-0.05, 0) is 30.5 Å². The summed E-state index contributed by atoms with van der Waals surface area (Å²) in [6, 6.07) is 5.06. The van der Waals surface area contributed by atoms with Crippen LogP contribution in [0.2, 0.25) is 0 Å². The Balaban J connectivity index is 1.46. The molecule has 1 aliphatic heterocycles. The Morgan fingerprint density at radius 3 is 2.92 bits per heavy atom. The third kappa shape index (κ3) is 3.25. The Kier molecular flexibility index (Phi) is 4.29. The average molecular weight is 358 g/mol. The number of H-pyrrole nitrogens is 2. The van der Waals surface area contributed by atoms with Crippen LogP contribution in [0.25, 0.3) is 11.0 Å². The molecule has 4 rings (SSSR count). The lowest BCUT2D eigenvalue weighted by atomic mass is 10.1. The first kappa shape index (κ1) is 16.5. The molecule has 0 aliphatic carbocycles. The molecule has 26 heavy (non-hydrogen) atoms. The van der Waals surface area contributed by atoms with Gasteiger partial charge in [0.2, 0.25) is 5.95 Å². The summed E-state index contributed by atoms with van der Waals surface area (Å²) >= 11 is 0. The fourth-order valence-corrected chi connectivity index (χ4v) is 3.14. The van der Waals surface area contributed by atoms with Crippen molar-refractivity contribution >= 4 is 22.7 Å². The van der Waals surface area contributed by atoms with Gasteiger partial charge in [0.1, 0.15) is 11.2 Å². The van der Waals surface area contributed by atoms with Gasteiger partial charge in [-0.15, -0.1) is 0 Å². The maximum atomic E-state index is 14.5. The molecule has 0 saturated carbocycles. The molecule has 1 saturated heterocycles. The number of hydrogen-bond donors (Lipinski definition) is 4. The molecule has 0 amide bonds. The first-order valence-electron chi connectivity index (χ1n) is 8.49. The monoisotopic (exact) mass is 358 g/mol. The summed E-state index contributed by atoms with van der Waals surface area (Å²) in [7, 11) is 0. The number of anilines is 2. The van der Waals surface area contributed by atoms with Crippen molar-refractivity contribution in [2.24, 2.45) is 0 Å². The molecule has 3 aromatic rings. The second-order valence-electron chi connectivity index (χ2n) is 6.40. The lowest BCUT2D eigenvalue weighted by Crippen LogP contribution is -2.36. The molecule has 9 heteroatoms. The normalized spacial score (nSPS) is 15.5. The third-order valence-corrected chi connectivity index (χ3v) is 4.60. The Morgan fingerprint density at radius 1 is 1.35 bits per heavy atom. The van der Waals surface area contributed by atoms with E-state index in [4.69, 9.17) is 0 Å². The van der Waals surface area contributed by atoms with Crippen LogP contribution < -0.4 is 15.8 Å². The number of rotatable bonds is 4. The maximum absolute atomic E-state index is 14.5. The van der Waals surface area contributed by atoms with Gasteiger partial charge in [0.25, 0.3) is 5.56 Å². The summed E-state index contributed by atoms with van der Waals surface area (Å²) < 4.78 is 14.5. The molecular weight excluding hydrogens is 339 g/mol. The predicted molar refractivity (Wildman–Crippen MR) is 95.7 cm³/mol. The van der Waals surface area contributed by atoms with Gasteiger partial charge in [-0.25, -0.2) is 4.39 Å². The number of benzene rings is 1. The Morgan fingerprint density at radius 2 is 2.15 bits per heavy atom. The average Bonchev–Trinajstić information content (AvgIpc) is 3.10. The number of hydrogen-bond acceptors (Lipinski definition) is 6. The van der Waals surface area contributed by atoms with Crippen molar-refractivity contribution in [3.05, 3.63) is 46.1 Å². The van der Waals surface area contributed by atoms with Crippen molar-refractivity contribution in [2.45, 2.75) is 25.5 Å². The molecular formula is C17H19FN6O2. The van der Waals surface area contributed by atoms with Crippen molar-refractivity contribution in [3.8, 4) is 0 Å². The third-order valence-electron chi connectivity index (χ3n) is 4.60. The van der Waals surface area contributed by atoms with Crippen molar-refractivity contribution in [1.29, 1.82) is 0 Å². The largest absolute Gasteiger partial charge is 0.393 e. The quantitative estimate of drug-likeness (QED) is 0.561. The van der Waals surface area contributed by atoms with E-state index in [0.717, 1.165) is 5.56 Å². The second kappa shape index (κ2) is 6.75. The highest BCUT2D eigenvalue weighted by molar-refractivity contribution is 5.73. The van der Waals surface area contributed by atoms with Crippen molar-refractivity contribution in [2.75, 3.05) is 23.3 Å². The Labute approximate surface area is 148 Å². The van der Waals surface area contributed by atoms with Gasteiger partial charge >= 0.3 is 0 Å². The molecule has 0 bridgehead atoms. The highest BCUT2D eigenvalue weighted by atomic mass is 19.1. The SMILES string of the molecule is O=c1[nH]c(NCc2ccc(N3CCC(O)CC3)c(F)c2)nc2[nH]ncc12. The number of fused-ring (bicyclic) bond motifs is 1. The predicted octanol–water partition coefficient (Wildman–Crippen LogP) is 1.36. The van der Waals surface area contributed by atoms with Gasteiger partial charge < -0.3 is 15.3 Å². The smallest absolute Gasteiger partial charge is 0.263 e. The Bertz CT molecular complexity index is 977. The van der Waals surface area contributed by atoms with Crippen molar-refractivity contribution in [1.82, 2.24) is 20.2 Å². The van der Waals surface area contributed by atoms with Gasteiger partial charge in [-0.1, -0.05) is 6.07 Å². The van der Waals surface area contributed by atoms with E-state index < -0.39 is 0 Å². The summed E-state index contributed by atoms with van der Waals surface area (Å²) in [5.41, 5.74) is 1.38. The van der Waals surface area contributed by atoms with Crippen LogP contribution in [0.3, 0.4) is 0 Å². The molecule has 0 atom stereocenters. The van der Waals surface area contributed by atoms with Crippen LogP contribution in [0.1, 0.15) is 18.4 Å². The molecule has 1 aromatic carbocycles. The molecule has 8 nitrogen and oxygen atoms in total. The molecule has 3 heterocycles. The van der Waals surface area contributed by atoms with Crippen molar-refractivity contribution < 1.29 is 9.50 Å². The molecule has 1 aliphatic rings. The van der Waals surface area contributed by atoms with Gasteiger partial charge in [-0.3, -0.25) is 14.9 Å². The number of piperidine rings is 1. The standard InChI is InChI=1S/C17H19FN6O2/c18-13-7-10(1-2-14(13)24-5-3-11(25)4-6-24)8-19-17-21-15-12(9-20-23-15)16(26)22-17/h1-2,7,9,11,25H,3-6,8H2,(H3,19,20,21,22,23,26). The number of aromatic nitrogens is 4. The van der Waals surface area contributed by atoms with E-state index in [9.17, 15) is 14.3 Å². The molecule has 2 aromatic heterocycles. The Hall–Kier alpha value is -2.94. The van der Waals surface area contributed by atoms with Crippen LogP contribution in [0.15, 0.2) is 29.2 Å². The zero-order valence-corrected chi connectivity index (χ0v) is 14.0. The number of halogens is 1. The summed E-state index contributed by atoms with van der Waals surface area (Å²) in [6.45, 7) is 1.61. The highest BCUT2D eigenvalue weighted by Crippen LogP contribution is 2.24. The van der Waals surface area contributed by atoms with Crippen LogP contribution >= 0.6 is 0 Å². The second-order valence-corrected chi connectivity index (χ2v) is 6.40. The zero-order chi connectivity index (χ0) is 18.1. The summed E-state index contributed by atoms with van der Waals surface area (Å²) in [5.74, 6) is -0.00702. The minimum Gasteiger partial charge on any atom is -0.393 e. The van der Waals surface area contributed by atoms with E-state index in [1.54, 1.807) is 6.07 Å². The van der Waals surface area contributed by atoms with Gasteiger partial charge in [-0.2, -0.15) is 10.1 Å². The number of aliphatic hydroxyl groups excluding tert-OH is 1. The molecule has 0 spiro atoms. The van der Waals surface area contributed by atoms with Crippen LogP contribution in [0.5, 0.6) is 0 Å². The molecule has 0 unspecified atom stereocenters. The summed E-state index contributed by atoms with van der Waals surface area (Å²) in [4.78, 5) is 20.7. The minimum absolute atomic E-state index is 0.292. The molecule has 1 fully saturated rings. The molecule has 0 radical (unpaired) electrons. The minimum atomic E-state index is -0.300. The number of nitrogens with one attached hydrogen (secondary N) is 3. The van der Waals surface area contributed by atoms with E-state index in [2.05, 4.69) is 25.5 Å². The molecule has 136 valence electrons. The van der Waals surface area contributed by atoms with Crippen LogP contribution in [0, 0.1) is 5.82 Å². The number of aliphatic hydroxyl groups is 1. The maximum Gasteiger partial charge on any atom is 0.263 e. The lowest BCUT2D eigenvalue weighted by molar-refractivity contribution is 0.145. The van der Waals surface area contributed by atoms with Crippen LogP contribution in [-0.2, 0) is 6.54 Å². The summed E-state index contributed by atoms with van der Waals surface area (Å²) in [6.07, 6.45) is 2.42. The van der Waals surface area contributed by atoms with Crippen LogP contribution in [-0.4, -0.2) is 44.5 Å². The highest BCUT2D eigenvalue weighted by Gasteiger charge is 2.19.